The lowest BCUT2D eigenvalue weighted by Gasteiger charge is -2.19. The van der Waals surface area contributed by atoms with Crippen LogP contribution < -0.4 is 10.1 Å². The summed E-state index contributed by atoms with van der Waals surface area (Å²) >= 11 is 3.48. The molecule has 112 valence electrons. The highest BCUT2D eigenvalue weighted by Gasteiger charge is 2.13. The molecule has 1 aromatic carbocycles. The van der Waals surface area contributed by atoms with Crippen LogP contribution in [0.15, 0.2) is 41.1 Å². The van der Waals surface area contributed by atoms with Gasteiger partial charge in [-0.15, -0.1) is 0 Å². The van der Waals surface area contributed by atoms with Crippen molar-refractivity contribution >= 4 is 15.9 Å². The Balaban J connectivity index is 2.17. The lowest BCUT2D eigenvalue weighted by molar-refractivity contribution is 0.395. The molecular formula is C16H20BrN3O. The summed E-state index contributed by atoms with van der Waals surface area (Å²) in [7, 11) is 1.62. The molecule has 0 aliphatic carbocycles. The number of benzene rings is 1. The Morgan fingerprint density at radius 1 is 1.24 bits per heavy atom. The third-order valence-electron chi connectivity index (χ3n) is 3.23. The van der Waals surface area contributed by atoms with Gasteiger partial charge in [0.05, 0.1) is 7.11 Å². The van der Waals surface area contributed by atoms with Gasteiger partial charge in [0.1, 0.15) is 6.33 Å². The van der Waals surface area contributed by atoms with E-state index in [1.807, 2.05) is 6.07 Å². The average Bonchev–Trinajstić information content (AvgIpc) is 2.52. The van der Waals surface area contributed by atoms with Crippen LogP contribution >= 0.6 is 15.9 Å². The predicted molar refractivity (Wildman–Crippen MR) is 87.5 cm³/mol. The Morgan fingerprint density at radius 3 is 2.67 bits per heavy atom. The molecule has 5 heteroatoms. The van der Waals surface area contributed by atoms with Gasteiger partial charge in [-0.25, -0.2) is 9.97 Å². The first-order valence-corrected chi connectivity index (χ1v) is 7.86. The van der Waals surface area contributed by atoms with Gasteiger partial charge < -0.3 is 10.1 Å². The summed E-state index contributed by atoms with van der Waals surface area (Å²) in [6.07, 6.45) is 3.45. The van der Waals surface area contributed by atoms with Gasteiger partial charge in [0, 0.05) is 28.7 Å². The monoisotopic (exact) mass is 349 g/mol. The summed E-state index contributed by atoms with van der Waals surface area (Å²) in [6.45, 7) is 3.14. The molecule has 2 rings (SSSR count). The van der Waals surface area contributed by atoms with E-state index >= 15 is 0 Å². The molecule has 1 heterocycles. The van der Waals surface area contributed by atoms with E-state index in [0.717, 1.165) is 29.6 Å². The largest absolute Gasteiger partial charge is 0.481 e. The molecule has 0 aliphatic heterocycles. The number of rotatable bonds is 7. The van der Waals surface area contributed by atoms with Gasteiger partial charge in [-0.2, -0.15) is 0 Å². The van der Waals surface area contributed by atoms with Crippen LogP contribution in [0.2, 0.25) is 0 Å². The zero-order valence-electron chi connectivity index (χ0n) is 12.3. The fourth-order valence-corrected chi connectivity index (χ4v) is 2.40. The SMILES string of the molecule is CCCNC(Cc1cc(OC)ncn1)c1ccc(Br)cc1. The Morgan fingerprint density at radius 2 is 2.00 bits per heavy atom. The number of aromatic nitrogens is 2. The molecule has 1 aromatic heterocycles. The number of nitrogens with one attached hydrogen (secondary N) is 1. The fraction of sp³-hybridized carbons (Fsp3) is 0.375. The minimum absolute atomic E-state index is 0.234. The summed E-state index contributed by atoms with van der Waals surface area (Å²) in [4.78, 5) is 8.39. The molecule has 0 aliphatic rings. The third-order valence-corrected chi connectivity index (χ3v) is 3.76. The van der Waals surface area contributed by atoms with Crippen molar-refractivity contribution in [2.24, 2.45) is 0 Å². The van der Waals surface area contributed by atoms with E-state index < -0.39 is 0 Å². The first-order valence-electron chi connectivity index (χ1n) is 7.06. The highest BCUT2D eigenvalue weighted by molar-refractivity contribution is 9.10. The summed E-state index contributed by atoms with van der Waals surface area (Å²) in [5.41, 5.74) is 2.22. The van der Waals surface area contributed by atoms with Crippen LogP contribution in [-0.4, -0.2) is 23.6 Å². The van der Waals surface area contributed by atoms with Crippen LogP contribution in [0, 0.1) is 0 Å². The van der Waals surface area contributed by atoms with Gasteiger partial charge >= 0.3 is 0 Å². The van der Waals surface area contributed by atoms with E-state index in [2.05, 4.69) is 62.4 Å². The molecule has 0 radical (unpaired) electrons. The summed E-state index contributed by atoms with van der Waals surface area (Å²) < 4.78 is 6.25. The second-order valence-electron chi connectivity index (χ2n) is 4.81. The first kappa shape index (κ1) is 15.9. The maximum atomic E-state index is 5.16. The minimum Gasteiger partial charge on any atom is -0.481 e. The Bertz CT molecular complexity index is 560. The van der Waals surface area contributed by atoms with Crippen molar-refractivity contribution in [3.63, 3.8) is 0 Å². The predicted octanol–water partition coefficient (Wildman–Crippen LogP) is 3.53. The topological polar surface area (TPSA) is 47.0 Å². The third kappa shape index (κ3) is 4.79. The number of ether oxygens (including phenoxy) is 1. The number of nitrogens with zero attached hydrogens (tertiary/aromatic N) is 2. The van der Waals surface area contributed by atoms with Crippen molar-refractivity contribution < 1.29 is 4.74 Å². The smallest absolute Gasteiger partial charge is 0.216 e. The zero-order valence-corrected chi connectivity index (χ0v) is 13.9. The Hall–Kier alpha value is -1.46. The second-order valence-corrected chi connectivity index (χ2v) is 5.73. The number of methoxy groups -OCH3 is 1. The Labute approximate surface area is 134 Å². The van der Waals surface area contributed by atoms with E-state index in [1.165, 1.54) is 5.56 Å². The van der Waals surface area contributed by atoms with E-state index in [1.54, 1.807) is 13.4 Å². The van der Waals surface area contributed by atoms with Gasteiger partial charge in [-0.1, -0.05) is 35.0 Å². The van der Waals surface area contributed by atoms with Crippen molar-refractivity contribution in [3.8, 4) is 5.88 Å². The van der Waals surface area contributed by atoms with Crippen molar-refractivity contribution in [3.05, 3.63) is 52.4 Å². The molecule has 21 heavy (non-hydrogen) atoms. The average molecular weight is 350 g/mol. The van der Waals surface area contributed by atoms with Crippen LogP contribution in [-0.2, 0) is 6.42 Å². The van der Waals surface area contributed by atoms with Gasteiger partial charge in [-0.05, 0) is 30.7 Å². The molecule has 0 spiro atoms. The Kier molecular flexibility index (Phi) is 6.14. The molecule has 0 bridgehead atoms. The second kappa shape index (κ2) is 8.10. The summed E-state index contributed by atoms with van der Waals surface area (Å²) in [5.74, 6) is 0.602. The molecule has 2 aromatic rings. The lowest BCUT2D eigenvalue weighted by atomic mass is 10.0. The molecule has 1 atom stereocenters. The van der Waals surface area contributed by atoms with Crippen LogP contribution in [0.3, 0.4) is 0 Å². The summed E-state index contributed by atoms with van der Waals surface area (Å²) in [5, 5.41) is 3.57. The number of hydrogen-bond donors (Lipinski definition) is 1. The molecule has 4 nitrogen and oxygen atoms in total. The highest BCUT2D eigenvalue weighted by atomic mass is 79.9. The lowest BCUT2D eigenvalue weighted by Crippen LogP contribution is -2.24. The summed E-state index contributed by atoms with van der Waals surface area (Å²) in [6, 6.07) is 10.5. The van der Waals surface area contributed by atoms with Crippen LogP contribution in [0.4, 0.5) is 0 Å². The van der Waals surface area contributed by atoms with Gasteiger partial charge in [0.25, 0.3) is 0 Å². The van der Waals surface area contributed by atoms with Gasteiger partial charge in [-0.3, -0.25) is 0 Å². The first-order chi connectivity index (χ1) is 10.2. The fourth-order valence-electron chi connectivity index (χ4n) is 2.13. The molecule has 1 N–H and O–H groups in total. The van der Waals surface area contributed by atoms with Crippen molar-refractivity contribution in [2.45, 2.75) is 25.8 Å². The number of hydrogen-bond acceptors (Lipinski definition) is 4. The maximum absolute atomic E-state index is 5.16. The van der Waals surface area contributed by atoms with E-state index in [-0.39, 0.29) is 6.04 Å². The van der Waals surface area contributed by atoms with E-state index in [4.69, 9.17) is 4.74 Å². The standard InChI is InChI=1S/C16H20BrN3O/c1-3-8-18-15(12-4-6-13(17)7-5-12)9-14-10-16(21-2)20-11-19-14/h4-7,10-11,15,18H,3,8-9H2,1-2H3. The molecule has 0 amide bonds. The minimum atomic E-state index is 0.234. The van der Waals surface area contributed by atoms with Crippen molar-refractivity contribution in [1.82, 2.24) is 15.3 Å². The quantitative estimate of drug-likeness (QED) is 0.830. The van der Waals surface area contributed by atoms with Crippen LogP contribution in [0.5, 0.6) is 5.88 Å². The van der Waals surface area contributed by atoms with Gasteiger partial charge in [0.15, 0.2) is 0 Å². The molecular weight excluding hydrogens is 330 g/mol. The van der Waals surface area contributed by atoms with Gasteiger partial charge in [0.2, 0.25) is 5.88 Å². The molecule has 0 saturated carbocycles. The zero-order chi connectivity index (χ0) is 15.1. The normalized spacial score (nSPS) is 12.1. The number of halogens is 1. The van der Waals surface area contributed by atoms with E-state index in [9.17, 15) is 0 Å². The van der Waals surface area contributed by atoms with E-state index in [0.29, 0.717) is 5.88 Å². The van der Waals surface area contributed by atoms with Crippen LogP contribution in [0.25, 0.3) is 0 Å². The molecule has 0 saturated heterocycles. The van der Waals surface area contributed by atoms with Crippen LogP contribution in [0.1, 0.15) is 30.6 Å². The van der Waals surface area contributed by atoms with Crippen molar-refractivity contribution in [2.75, 3.05) is 13.7 Å². The van der Waals surface area contributed by atoms with Crippen molar-refractivity contribution in [1.29, 1.82) is 0 Å². The molecule has 1 unspecified atom stereocenters. The maximum Gasteiger partial charge on any atom is 0.216 e. The molecule has 0 fully saturated rings. The highest BCUT2D eigenvalue weighted by Crippen LogP contribution is 2.21.